The molecule has 0 spiro atoms. The molecule has 0 heterocycles. The maximum atomic E-state index is 3.58. The van der Waals surface area contributed by atoms with Crippen LogP contribution in [-0.2, 0) is 0 Å². The van der Waals surface area contributed by atoms with Crippen molar-refractivity contribution in [2.24, 2.45) is 16.7 Å². The summed E-state index contributed by atoms with van der Waals surface area (Å²) < 4.78 is 0. The molecule has 15 heavy (non-hydrogen) atoms. The summed E-state index contributed by atoms with van der Waals surface area (Å²) in [7, 11) is 0. The van der Waals surface area contributed by atoms with Gasteiger partial charge in [0.15, 0.2) is 0 Å². The third kappa shape index (κ3) is 2.73. The molecule has 1 rings (SSSR count). The third-order valence-electron chi connectivity index (χ3n) is 4.63. The standard InChI is InChI=1S/C13H28N2/c1-6-14-8-7-9-15-10-11-12(2,3)13(11,4)5/h11,14-15H,6-10H2,1-5H3. The molecule has 1 fully saturated rings. The molecule has 1 aliphatic rings. The van der Waals surface area contributed by atoms with E-state index in [2.05, 4.69) is 45.3 Å². The van der Waals surface area contributed by atoms with Gasteiger partial charge in [0.05, 0.1) is 0 Å². The Hall–Kier alpha value is -0.0800. The smallest absolute Gasteiger partial charge is 0.000988 e. The van der Waals surface area contributed by atoms with Crippen LogP contribution in [0.25, 0.3) is 0 Å². The summed E-state index contributed by atoms with van der Waals surface area (Å²) in [6, 6.07) is 0. The Kier molecular flexibility index (Phi) is 4.19. The van der Waals surface area contributed by atoms with Crippen LogP contribution in [0.4, 0.5) is 0 Å². The van der Waals surface area contributed by atoms with E-state index in [9.17, 15) is 0 Å². The van der Waals surface area contributed by atoms with Gasteiger partial charge in [0, 0.05) is 0 Å². The number of hydrogen-bond donors (Lipinski definition) is 2. The fourth-order valence-corrected chi connectivity index (χ4v) is 2.61. The van der Waals surface area contributed by atoms with E-state index in [0.29, 0.717) is 10.8 Å². The molecule has 0 aromatic rings. The Labute approximate surface area is 95.2 Å². The minimum Gasteiger partial charge on any atom is -0.317 e. The zero-order valence-electron chi connectivity index (χ0n) is 11.1. The number of rotatable bonds is 7. The Morgan fingerprint density at radius 2 is 1.47 bits per heavy atom. The molecule has 1 aliphatic carbocycles. The van der Waals surface area contributed by atoms with E-state index in [4.69, 9.17) is 0 Å². The molecule has 90 valence electrons. The maximum absolute atomic E-state index is 3.58. The molecule has 0 unspecified atom stereocenters. The fourth-order valence-electron chi connectivity index (χ4n) is 2.61. The van der Waals surface area contributed by atoms with Gasteiger partial charge in [-0.2, -0.15) is 0 Å². The molecule has 1 saturated carbocycles. The molecule has 2 heteroatoms. The van der Waals surface area contributed by atoms with Gasteiger partial charge in [0.2, 0.25) is 0 Å². The van der Waals surface area contributed by atoms with Crippen LogP contribution in [-0.4, -0.2) is 26.2 Å². The quantitative estimate of drug-likeness (QED) is 0.633. The molecule has 2 N–H and O–H groups in total. The normalized spacial score (nSPS) is 23.0. The summed E-state index contributed by atoms with van der Waals surface area (Å²) in [4.78, 5) is 0. The lowest BCUT2D eigenvalue weighted by molar-refractivity contribution is 0.457. The Bertz CT molecular complexity index is 183. The van der Waals surface area contributed by atoms with Gasteiger partial charge in [-0.1, -0.05) is 34.6 Å². The predicted molar refractivity (Wildman–Crippen MR) is 67.1 cm³/mol. The van der Waals surface area contributed by atoms with E-state index in [0.717, 1.165) is 25.6 Å². The van der Waals surface area contributed by atoms with E-state index >= 15 is 0 Å². The topological polar surface area (TPSA) is 24.1 Å². The van der Waals surface area contributed by atoms with Crippen LogP contribution < -0.4 is 10.6 Å². The molecule has 0 radical (unpaired) electrons. The Morgan fingerprint density at radius 1 is 0.933 bits per heavy atom. The second-order valence-electron chi connectivity index (χ2n) is 5.91. The van der Waals surface area contributed by atoms with Crippen molar-refractivity contribution in [3.05, 3.63) is 0 Å². The molecular weight excluding hydrogens is 184 g/mol. The summed E-state index contributed by atoms with van der Waals surface area (Å²) in [5, 5.41) is 6.92. The zero-order valence-corrected chi connectivity index (χ0v) is 11.1. The van der Waals surface area contributed by atoms with Crippen LogP contribution >= 0.6 is 0 Å². The Morgan fingerprint density at radius 3 is 1.93 bits per heavy atom. The SMILES string of the molecule is CCNCCCNCC1C(C)(C)C1(C)C. The third-order valence-corrected chi connectivity index (χ3v) is 4.63. The van der Waals surface area contributed by atoms with Gasteiger partial charge in [0.25, 0.3) is 0 Å². The first-order valence-corrected chi connectivity index (χ1v) is 6.36. The Balaban J connectivity index is 2.03. The van der Waals surface area contributed by atoms with E-state index in [1.54, 1.807) is 0 Å². The van der Waals surface area contributed by atoms with Crippen molar-refractivity contribution in [3.8, 4) is 0 Å². The maximum Gasteiger partial charge on any atom is -0.000988 e. The zero-order chi connectivity index (χ0) is 11.5. The summed E-state index contributed by atoms with van der Waals surface area (Å²) in [5.74, 6) is 0.851. The minimum absolute atomic E-state index is 0.529. The minimum atomic E-state index is 0.529. The molecule has 0 aromatic carbocycles. The van der Waals surface area contributed by atoms with Crippen LogP contribution in [0.5, 0.6) is 0 Å². The summed E-state index contributed by atoms with van der Waals surface area (Å²) >= 11 is 0. The first kappa shape index (κ1) is 13.0. The summed E-state index contributed by atoms with van der Waals surface area (Å²) in [6.07, 6.45) is 1.24. The van der Waals surface area contributed by atoms with E-state index in [-0.39, 0.29) is 0 Å². The van der Waals surface area contributed by atoms with Gasteiger partial charge >= 0.3 is 0 Å². The molecule has 0 aliphatic heterocycles. The van der Waals surface area contributed by atoms with Crippen molar-refractivity contribution < 1.29 is 0 Å². The van der Waals surface area contributed by atoms with Crippen LogP contribution in [0.3, 0.4) is 0 Å². The van der Waals surface area contributed by atoms with Crippen molar-refractivity contribution >= 4 is 0 Å². The number of hydrogen-bond acceptors (Lipinski definition) is 2. The van der Waals surface area contributed by atoms with Gasteiger partial charge in [-0.05, 0) is 49.3 Å². The molecular formula is C13H28N2. The van der Waals surface area contributed by atoms with Crippen molar-refractivity contribution in [1.82, 2.24) is 10.6 Å². The first-order chi connectivity index (χ1) is 6.94. The largest absolute Gasteiger partial charge is 0.317 e. The van der Waals surface area contributed by atoms with Crippen molar-refractivity contribution in [1.29, 1.82) is 0 Å². The predicted octanol–water partition coefficient (Wildman–Crippen LogP) is 2.26. The average molecular weight is 212 g/mol. The lowest BCUT2D eigenvalue weighted by Crippen LogP contribution is -2.24. The highest BCUT2D eigenvalue weighted by Gasteiger charge is 2.63. The second-order valence-corrected chi connectivity index (χ2v) is 5.91. The molecule has 0 amide bonds. The highest BCUT2D eigenvalue weighted by molar-refractivity contribution is 5.12. The van der Waals surface area contributed by atoms with Gasteiger partial charge < -0.3 is 10.6 Å². The van der Waals surface area contributed by atoms with Crippen molar-refractivity contribution in [3.63, 3.8) is 0 Å². The second kappa shape index (κ2) is 4.84. The number of nitrogens with one attached hydrogen (secondary N) is 2. The van der Waals surface area contributed by atoms with E-state index in [1.807, 2.05) is 0 Å². The lowest BCUT2D eigenvalue weighted by atomic mass is 10.0. The summed E-state index contributed by atoms with van der Waals surface area (Å²) in [6.45, 7) is 16.3. The first-order valence-electron chi connectivity index (χ1n) is 6.36. The molecule has 0 bridgehead atoms. The van der Waals surface area contributed by atoms with E-state index < -0.39 is 0 Å². The van der Waals surface area contributed by atoms with Gasteiger partial charge in [-0.15, -0.1) is 0 Å². The molecule has 2 nitrogen and oxygen atoms in total. The van der Waals surface area contributed by atoms with Crippen LogP contribution in [0.2, 0.25) is 0 Å². The average Bonchev–Trinajstić information content (AvgIpc) is 2.52. The molecule has 0 saturated heterocycles. The molecule has 0 atom stereocenters. The highest BCUT2D eigenvalue weighted by Crippen LogP contribution is 2.67. The monoisotopic (exact) mass is 212 g/mol. The van der Waals surface area contributed by atoms with Gasteiger partial charge in [-0.3, -0.25) is 0 Å². The lowest BCUT2D eigenvalue weighted by Gasteiger charge is -2.06. The fraction of sp³-hybridized carbons (Fsp3) is 1.00. The van der Waals surface area contributed by atoms with E-state index in [1.165, 1.54) is 13.0 Å². The highest BCUT2D eigenvalue weighted by atomic mass is 14.9. The van der Waals surface area contributed by atoms with Crippen LogP contribution in [0, 0.1) is 16.7 Å². The van der Waals surface area contributed by atoms with Gasteiger partial charge in [0.1, 0.15) is 0 Å². The van der Waals surface area contributed by atoms with Crippen molar-refractivity contribution in [2.45, 2.75) is 41.0 Å². The van der Waals surface area contributed by atoms with Crippen LogP contribution in [0.1, 0.15) is 41.0 Å². The van der Waals surface area contributed by atoms with Gasteiger partial charge in [-0.25, -0.2) is 0 Å². The van der Waals surface area contributed by atoms with Crippen LogP contribution in [0.15, 0.2) is 0 Å². The summed E-state index contributed by atoms with van der Waals surface area (Å²) in [5.41, 5.74) is 1.06. The van der Waals surface area contributed by atoms with Crippen molar-refractivity contribution in [2.75, 3.05) is 26.2 Å². The molecule has 0 aromatic heterocycles.